The Kier molecular flexibility index (Phi) is 6.21. The molecule has 2 aliphatic carbocycles. The van der Waals surface area contributed by atoms with Crippen molar-refractivity contribution in [3.63, 3.8) is 0 Å². The van der Waals surface area contributed by atoms with Crippen molar-refractivity contribution in [1.29, 1.82) is 0 Å². The van der Waals surface area contributed by atoms with E-state index in [-0.39, 0.29) is 10.8 Å². The SMILES string of the molecule is CC1(C)c2ccccc2-c2ccc(P(=O)(c3ccc(-c4cc5ccccc5cn4)cc3)c3ccc4c(c3)C(C)(C)c3ccccc3-4)cc21. The number of fused-ring (bicyclic) bond motifs is 7. The van der Waals surface area contributed by atoms with Gasteiger partial charge in [-0.25, -0.2) is 0 Å². The van der Waals surface area contributed by atoms with Gasteiger partial charge < -0.3 is 4.57 Å². The molecule has 3 heteroatoms. The van der Waals surface area contributed by atoms with Gasteiger partial charge in [0.15, 0.2) is 7.14 Å². The van der Waals surface area contributed by atoms with E-state index in [0.717, 1.165) is 37.9 Å². The molecule has 0 saturated carbocycles. The first-order valence-corrected chi connectivity index (χ1v) is 18.4. The number of benzene rings is 6. The lowest BCUT2D eigenvalue weighted by Crippen LogP contribution is -2.28. The van der Waals surface area contributed by atoms with Crippen LogP contribution in [0.1, 0.15) is 49.9 Å². The van der Waals surface area contributed by atoms with E-state index in [9.17, 15) is 0 Å². The normalized spacial score (nSPS) is 15.1. The van der Waals surface area contributed by atoms with Crippen LogP contribution in [-0.2, 0) is 15.4 Å². The summed E-state index contributed by atoms with van der Waals surface area (Å²) >= 11 is 0. The molecule has 0 spiro atoms. The molecule has 1 aromatic heterocycles. The molecule has 0 bridgehead atoms. The Bertz CT molecular complexity index is 2380. The summed E-state index contributed by atoms with van der Waals surface area (Å²) in [5, 5.41) is 4.83. The smallest absolute Gasteiger partial charge is 0.171 e. The molecule has 232 valence electrons. The Morgan fingerprint density at radius 3 is 1.48 bits per heavy atom. The lowest BCUT2D eigenvalue weighted by molar-refractivity contribution is 0.592. The zero-order valence-electron chi connectivity index (χ0n) is 27.7. The molecule has 9 rings (SSSR count). The predicted molar refractivity (Wildman–Crippen MR) is 202 cm³/mol. The highest BCUT2D eigenvalue weighted by Gasteiger charge is 2.40. The fourth-order valence-electron chi connectivity index (χ4n) is 8.31. The van der Waals surface area contributed by atoms with E-state index in [1.54, 1.807) is 0 Å². The van der Waals surface area contributed by atoms with Crippen LogP contribution in [0.4, 0.5) is 0 Å². The Morgan fingerprint density at radius 2 is 0.917 bits per heavy atom. The van der Waals surface area contributed by atoms with Crippen molar-refractivity contribution in [1.82, 2.24) is 4.98 Å². The largest absolute Gasteiger partial charge is 0.309 e. The Morgan fingerprint density at radius 1 is 0.458 bits per heavy atom. The van der Waals surface area contributed by atoms with Crippen LogP contribution in [-0.4, -0.2) is 4.98 Å². The van der Waals surface area contributed by atoms with Gasteiger partial charge in [0, 0.05) is 43.9 Å². The van der Waals surface area contributed by atoms with Gasteiger partial charge in [0.2, 0.25) is 0 Å². The van der Waals surface area contributed by atoms with Gasteiger partial charge in [-0.05, 0) is 68.1 Å². The summed E-state index contributed by atoms with van der Waals surface area (Å²) in [5.74, 6) is 0. The van der Waals surface area contributed by atoms with Crippen LogP contribution in [0.5, 0.6) is 0 Å². The molecule has 0 radical (unpaired) electrons. The van der Waals surface area contributed by atoms with Crippen molar-refractivity contribution in [2.24, 2.45) is 0 Å². The summed E-state index contributed by atoms with van der Waals surface area (Å²) in [7, 11) is -3.32. The van der Waals surface area contributed by atoms with Crippen LogP contribution in [0.25, 0.3) is 44.3 Å². The third-order valence-electron chi connectivity index (χ3n) is 11.0. The Balaban J connectivity index is 1.23. The van der Waals surface area contributed by atoms with E-state index in [1.165, 1.54) is 44.5 Å². The molecule has 0 saturated heterocycles. The van der Waals surface area contributed by atoms with Gasteiger partial charge in [-0.3, -0.25) is 4.98 Å². The molecular weight excluding hydrogens is 601 g/mol. The second-order valence-electron chi connectivity index (χ2n) is 14.4. The molecule has 6 aromatic carbocycles. The number of pyridine rings is 1. The fraction of sp³-hybridized carbons (Fsp3) is 0.133. The van der Waals surface area contributed by atoms with E-state index in [2.05, 4.69) is 161 Å². The Labute approximate surface area is 282 Å². The van der Waals surface area contributed by atoms with Crippen LogP contribution in [0.15, 0.2) is 146 Å². The summed E-state index contributed by atoms with van der Waals surface area (Å²) in [5.41, 5.74) is 11.6. The molecule has 0 unspecified atom stereocenters. The molecule has 1 heterocycles. The zero-order valence-corrected chi connectivity index (χ0v) is 28.6. The summed E-state index contributed by atoms with van der Waals surface area (Å²) in [4.78, 5) is 4.77. The van der Waals surface area contributed by atoms with Crippen LogP contribution in [0, 0.1) is 0 Å². The monoisotopic (exact) mass is 637 g/mol. The van der Waals surface area contributed by atoms with Gasteiger partial charge in [-0.2, -0.15) is 0 Å². The fourth-order valence-corrected chi connectivity index (χ4v) is 11.0. The van der Waals surface area contributed by atoms with Crippen LogP contribution in [0.3, 0.4) is 0 Å². The minimum absolute atomic E-state index is 0.194. The van der Waals surface area contributed by atoms with Crippen LogP contribution in [0.2, 0.25) is 0 Å². The second-order valence-corrected chi connectivity index (χ2v) is 17.1. The van der Waals surface area contributed by atoms with E-state index in [1.807, 2.05) is 12.3 Å². The van der Waals surface area contributed by atoms with Crippen LogP contribution < -0.4 is 15.9 Å². The lowest BCUT2D eigenvalue weighted by atomic mass is 9.82. The van der Waals surface area contributed by atoms with Crippen LogP contribution >= 0.6 is 7.14 Å². The molecular formula is C45H36NOP. The summed E-state index contributed by atoms with van der Waals surface area (Å²) < 4.78 is 16.2. The first kappa shape index (κ1) is 29.1. The predicted octanol–water partition coefficient (Wildman–Crippen LogP) is 10.2. The van der Waals surface area contributed by atoms with Gasteiger partial charge in [0.1, 0.15) is 0 Å². The van der Waals surface area contributed by atoms with Crippen molar-refractivity contribution >= 4 is 33.8 Å². The van der Waals surface area contributed by atoms with Crippen molar-refractivity contribution in [2.75, 3.05) is 0 Å². The highest BCUT2D eigenvalue weighted by Crippen LogP contribution is 2.53. The van der Waals surface area contributed by atoms with Gasteiger partial charge in [0.05, 0.1) is 5.69 Å². The first-order valence-electron chi connectivity index (χ1n) is 16.7. The first-order chi connectivity index (χ1) is 23.2. The highest BCUT2D eigenvalue weighted by atomic mass is 31.2. The average molecular weight is 638 g/mol. The summed E-state index contributed by atoms with van der Waals surface area (Å²) in [6.45, 7) is 9.14. The van der Waals surface area contributed by atoms with Gasteiger partial charge in [-0.15, -0.1) is 0 Å². The van der Waals surface area contributed by atoms with E-state index < -0.39 is 7.14 Å². The molecule has 0 aliphatic heterocycles. The molecule has 7 aromatic rings. The summed E-state index contributed by atoms with van der Waals surface area (Å²) in [6, 6.07) is 49.2. The molecule has 2 nitrogen and oxygen atoms in total. The number of hydrogen-bond donors (Lipinski definition) is 0. The third kappa shape index (κ3) is 4.06. The van der Waals surface area contributed by atoms with Gasteiger partial charge in [-0.1, -0.05) is 149 Å². The molecule has 0 N–H and O–H groups in total. The quantitative estimate of drug-likeness (QED) is 0.180. The van der Waals surface area contributed by atoms with E-state index >= 15 is 4.57 Å². The maximum Gasteiger partial charge on any atom is 0.171 e. The summed E-state index contributed by atoms with van der Waals surface area (Å²) in [6.07, 6.45) is 1.93. The zero-order chi connectivity index (χ0) is 32.8. The number of aromatic nitrogens is 1. The lowest BCUT2D eigenvalue weighted by Gasteiger charge is -2.26. The van der Waals surface area contributed by atoms with Gasteiger partial charge in [0.25, 0.3) is 0 Å². The third-order valence-corrected chi connectivity index (χ3v) is 14.1. The molecule has 0 amide bonds. The maximum absolute atomic E-state index is 16.2. The number of hydrogen-bond acceptors (Lipinski definition) is 2. The van der Waals surface area contributed by atoms with Crippen molar-refractivity contribution in [2.45, 2.75) is 38.5 Å². The second kappa shape index (κ2) is 10.2. The van der Waals surface area contributed by atoms with E-state index in [4.69, 9.17) is 4.98 Å². The maximum atomic E-state index is 16.2. The van der Waals surface area contributed by atoms with Gasteiger partial charge >= 0.3 is 0 Å². The van der Waals surface area contributed by atoms with Crippen molar-refractivity contribution in [3.8, 4) is 33.5 Å². The number of nitrogens with zero attached hydrogens (tertiary/aromatic N) is 1. The van der Waals surface area contributed by atoms with E-state index in [0.29, 0.717) is 0 Å². The minimum atomic E-state index is -3.32. The average Bonchev–Trinajstić information content (AvgIpc) is 3.50. The Hall–Kier alpha value is -5.04. The van der Waals surface area contributed by atoms with Crippen molar-refractivity contribution in [3.05, 3.63) is 168 Å². The minimum Gasteiger partial charge on any atom is -0.309 e. The number of rotatable bonds is 4. The molecule has 2 aliphatic rings. The standard InChI is InChI=1S/C45H36NOP/c1-44(2)39-15-9-7-13-35(39)37-23-21-33(26-41(37)44)48(47,34-22-24-38-36-14-8-10-16-40(36)45(3,4)42(38)27-34)32-19-17-29(18-20-32)43-25-30-11-5-6-12-31(30)28-46-43/h5-28H,1-4H3. The van der Waals surface area contributed by atoms with Crippen molar-refractivity contribution < 1.29 is 4.57 Å². The topological polar surface area (TPSA) is 30.0 Å². The molecule has 48 heavy (non-hydrogen) atoms. The molecule has 0 atom stereocenters. The molecule has 0 fully saturated rings. The highest BCUT2D eigenvalue weighted by molar-refractivity contribution is 7.85.